The topological polar surface area (TPSA) is 23.5 Å². The van der Waals surface area contributed by atoms with Gasteiger partial charge in [-0.3, -0.25) is 4.90 Å². The zero-order valence-electron chi connectivity index (χ0n) is 6.42. The number of aliphatic hydroxyl groups is 1. The lowest BCUT2D eigenvalue weighted by Gasteiger charge is -2.26. The Kier molecular flexibility index (Phi) is 3.52. The molecule has 1 aliphatic rings. The monoisotopic (exact) mass is 161 g/mol. The van der Waals surface area contributed by atoms with Crippen LogP contribution in [-0.2, 0) is 0 Å². The van der Waals surface area contributed by atoms with E-state index in [4.69, 9.17) is 5.11 Å². The molecule has 2 nitrogen and oxygen atoms in total. The molecule has 10 heavy (non-hydrogen) atoms. The van der Waals surface area contributed by atoms with E-state index < -0.39 is 0 Å². The predicted molar refractivity (Wildman–Crippen MR) is 45.4 cm³/mol. The van der Waals surface area contributed by atoms with E-state index in [1.165, 1.54) is 11.5 Å². The first-order valence-electron chi connectivity index (χ1n) is 3.77. The van der Waals surface area contributed by atoms with E-state index in [1.807, 2.05) is 18.7 Å². The minimum atomic E-state index is -0.164. The Hall–Kier alpha value is 0.270. The fraction of sp³-hybridized carbons (Fsp3) is 1.00. The van der Waals surface area contributed by atoms with Gasteiger partial charge in [0, 0.05) is 31.1 Å². The van der Waals surface area contributed by atoms with Crippen molar-refractivity contribution in [3.05, 3.63) is 0 Å². The van der Waals surface area contributed by atoms with Crippen molar-refractivity contribution < 1.29 is 5.11 Å². The van der Waals surface area contributed by atoms with E-state index in [1.54, 1.807) is 0 Å². The third-order valence-corrected chi connectivity index (χ3v) is 2.57. The van der Waals surface area contributed by atoms with Crippen LogP contribution < -0.4 is 0 Å². The Bertz CT molecular complexity index is 91.6. The van der Waals surface area contributed by atoms with Gasteiger partial charge in [-0.2, -0.15) is 11.8 Å². The van der Waals surface area contributed by atoms with Crippen LogP contribution in [0.15, 0.2) is 0 Å². The first kappa shape index (κ1) is 8.37. The van der Waals surface area contributed by atoms with Gasteiger partial charge in [-0.25, -0.2) is 0 Å². The van der Waals surface area contributed by atoms with Crippen molar-refractivity contribution in [2.75, 3.05) is 31.1 Å². The van der Waals surface area contributed by atoms with Crippen LogP contribution in [-0.4, -0.2) is 47.3 Å². The molecule has 1 N–H and O–H groups in total. The van der Waals surface area contributed by atoms with Crippen LogP contribution in [0.2, 0.25) is 0 Å². The van der Waals surface area contributed by atoms with Crippen LogP contribution in [0.1, 0.15) is 6.92 Å². The highest BCUT2D eigenvalue weighted by Crippen LogP contribution is 2.08. The van der Waals surface area contributed by atoms with Crippen molar-refractivity contribution in [1.82, 2.24) is 4.90 Å². The lowest BCUT2D eigenvalue weighted by Crippen LogP contribution is -2.37. The highest BCUT2D eigenvalue weighted by molar-refractivity contribution is 7.99. The molecule has 0 bridgehead atoms. The van der Waals surface area contributed by atoms with Gasteiger partial charge < -0.3 is 5.11 Å². The van der Waals surface area contributed by atoms with E-state index in [9.17, 15) is 0 Å². The average molecular weight is 161 g/mol. The summed E-state index contributed by atoms with van der Waals surface area (Å²) in [6.45, 7) is 4.99. The maximum Gasteiger partial charge on any atom is 0.0639 e. The molecule has 0 amide bonds. The second kappa shape index (κ2) is 4.21. The number of thioether (sulfide) groups is 1. The molecule has 1 aliphatic heterocycles. The van der Waals surface area contributed by atoms with E-state index >= 15 is 0 Å². The summed E-state index contributed by atoms with van der Waals surface area (Å²) in [5, 5.41) is 9.06. The molecule has 1 fully saturated rings. The van der Waals surface area contributed by atoms with Crippen LogP contribution in [0.5, 0.6) is 0 Å². The zero-order valence-corrected chi connectivity index (χ0v) is 7.23. The SMILES string of the molecule is C[C@H](O)CN1CCSCC1. The molecule has 1 atom stereocenters. The Balaban J connectivity index is 2.13. The number of hydrogen-bond donors (Lipinski definition) is 1. The molecule has 0 aromatic carbocycles. The normalized spacial score (nSPS) is 24.6. The van der Waals surface area contributed by atoms with Gasteiger partial charge >= 0.3 is 0 Å². The smallest absolute Gasteiger partial charge is 0.0639 e. The molecule has 1 heterocycles. The molecule has 0 saturated carbocycles. The minimum absolute atomic E-state index is 0.164. The summed E-state index contributed by atoms with van der Waals surface area (Å²) in [4.78, 5) is 2.32. The molecule has 0 spiro atoms. The Morgan fingerprint density at radius 1 is 1.50 bits per heavy atom. The summed E-state index contributed by atoms with van der Waals surface area (Å²) >= 11 is 2.00. The second-order valence-corrected chi connectivity index (χ2v) is 3.99. The van der Waals surface area contributed by atoms with Crippen LogP contribution >= 0.6 is 11.8 Å². The van der Waals surface area contributed by atoms with Crippen molar-refractivity contribution >= 4 is 11.8 Å². The zero-order chi connectivity index (χ0) is 7.40. The number of rotatable bonds is 2. The van der Waals surface area contributed by atoms with Crippen molar-refractivity contribution in [3.8, 4) is 0 Å². The Morgan fingerprint density at radius 2 is 2.10 bits per heavy atom. The van der Waals surface area contributed by atoms with Gasteiger partial charge in [0.25, 0.3) is 0 Å². The van der Waals surface area contributed by atoms with E-state index in [0.29, 0.717) is 0 Å². The Morgan fingerprint density at radius 3 is 2.60 bits per heavy atom. The highest BCUT2D eigenvalue weighted by atomic mass is 32.2. The van der Waals surface area contributed by atoms with Gasteiger partial charge in [-0.05, 0) is 6.92 Å². The quantitative estimate of drug-likeness (QED) is 0.635. The van der Waals surface area contributed by atoms with Crippen molar-refractivity contribution in [2.24, 2.45) is 0 Å². The molecule has 60 valence electrons. The van der Waals surface area contributed by atoms with Gasteiger partial charge in [0.05, 0.1) is 6.10 Å². The number of hydrogen-bond acceptors (Lipinski definition) is 3. The second-order valence-electron chi connectivity index (χ2n) is 2.76. The van der Waals surface area contributed by atoms with Crippen LogP contribution in [0, 0.1) is 0 Å². The summed E-state index contributed by atoms with van der Waals surface area (Å²) in [6, 6.07) is 0. The van der Waals surface area contributed by atoms with Crippen molar-refractivity contribution in [2.45, 2.75) is 13.0 Å². The molecule has 0 unspecified atom stereocenters. The molecular formula is C7H15NOS. The molecular weight excluding hydrogens is 146 g/mol. The van der Waals surface area contributed by atoms with Gasteiger partial charge in [-0.1, -0.05) is 0 Å². The Labute approximate surface area is 66.6 Å². The molecule has 0 aromatic rings. The summed E-state index contributed by atoms with van der Waals surface area (Å²) in [6.07, 6.45) is -0.164. The lowest BCUT2D eigenvalue weighted by molar-refractivity contribution is 0.133. The van der Waals surface area contributed by atoms with Gasteiger partial charge in [0.2, 0.25) is 0 Å². The largest absolute Gasteiger partial charge is 0.392 e. The minimum Gasteiger partial charge on any atom is -0.392 e. The third-order valence-electron chi connectivity index (χ3n) is 1.63. The van der Waals surface area contributed by atoms with E-state index in [-0.39, 0.29) is 6.10 Å². The van der Waals surface area contributed by atoms with Gasteiger partial charge in [-0.15, -0.1) is 0 Å². The number of β-amino-alcohol motifs (C(OH)–C–C–N with tert-alkyl or cyclic N) is 1. The summed E-state index contributed by atoms with van der Waals surface area (Å²) in [7, 11) is 0. The van der Waals surface area contributed by atoms with Crippen molar-refractivity contribution in [3.63, 3.8) is 0 Å². The molecule has 1 rings (SSSR count). The summed E-state index contributed by atoms with van der Waals surface area (Å²) in [5.41, 5.74) is 0. The van der Waals surface area contributed by atoms with Gasteiger partial charge in [0.1, 0.15) is 0 Å². The average Bonchev–Trinajstić information content (AvgIpc) is 1.88. The molecule has 0 radical (unpaired) electrons. The van der Waals surface area contributed by atoms with E-state index in [2.05, 4.69) is 4.90 Å². The molecule has 0 aliphatic carbocycles. The number of nitrogens with zero attached hydrogens (tertiary/aromatic N) is 1. The predicted octanol–water partition coefficient (Wildman–Crippen LogP) is 0.416. The van der Waals surface area contributed by atoms with Crippen LogP contribution in [0.25, 0.3) is 0 Å². The van der Waals surface area contributed by atoms with E-state index in [0.717, 1.165) is 19.6 Å². The van der Waals surface area contributed by atoms with Crippen LogP contribution in [0.4, 0.5) is 0 Å². The van der Waals surface area contributed by atoms with Gasteiger partial charge in [0.15, 0.2) is 0 Å². The maximum absolute atomic E-state index is 9.06. The number of aliphatic hydroxyl groups excluding tert-OH is 1. The fourth-order valence-electron chi connectivity index (χ4n) is 1.16. The highest BCUT2D eigenvalue weighted by Gasteiger charge is 2.11. The molecule has 1 saturated heterocycles. The van der Waals surface area contributed by atoms with Crippen molar-refractivity contribution in [1.29, 1.82) is 0 Å². The molecule has 0 aromatic heterocycles. The first-order chi connectivity index (χ1) is 4.79. The fourth-order valence-corrected chi connectivity index (χ4v) is 2.14. The maximum atomic E-state index is 9.06. The third kappa shape index (κ3) is 2.90. The standard InChI is InChI=1S/C7H15NOS/c1-7(9)6-8-2-4-10-5-3-8/h7,9H,2-6H2,1H3/t7-/m0/s1. The molecule has 3 heteroatoms. The summed E-state index contributed by atoms with van der Waals surface area (Å²) in [5.74, 6) is 2.46. The summed E-state index contributed by atoms with van der Waals surface area (Å²) < 4.78 is 0. The first-order valence-corrected chi connectivity index (χ1v) is 4.92. The van der Waals surface area contributed by atoms with Crippen LogP contribution in [0.3, 0.4) is 0 Å². The lowest BCUT2D eigenvalue weighted by atomic mass is 10.3.